The number of nitrogens with one attached hydrogen (secondary N) is 1. The van der Waals surface area contributed by atoms with E-state index in [-0.39, 0.29) is 12.5 Å². The van der Waals surface area contributed by atoms with Gasteiger partial charge >= 0.3 is 0 Å². The number of rotatable bonds is 5. The summed E-state index contributed by atoms with van der Waals surface area (Å²) >= 11 is 3.42. The molecule has 3 rings (SSSR count). The van der Waals surface area contributed by atoms with Gasteiger partial charge < -0.3 is 10.1 Å². The fraction of sp³-hybridized carbons (Fsp3) is 0.0952. The molecule has 0 atom stereocenters. The van der Waals surface area contributed by atoms with Crippen molar-refractivity contribution in [3.8, 4) is 16.9 Å². The Kier molecular flexibility index (Phi) is 5.51. The van der Waals surface area contributed by atoms with Crippen LogP contribution < -0.4 is 10.1 Å². The monoisotopic (exact) mass is 395 g/mol. The van der Waals surface area contributed by atoms with Gasteiger partial charge in [-0.05, 0) is 42.3 Å². The van der Waals surface area contributed by atoms with E-state index in [2.05, 4.69) is 21.2 Å². The topological polar surface area (TPSA) is 38.3 Å². The van der Waals surface area contributed by atoms with Crippen molar-refractivity contribution in [1.29, 1.82) is 0 Å². The molecule has 0 unspecified atom stereocenters. The van der Waals surface area contributed by atoms with Crippen molar-refractivity contribution in [2.24, 2.45) is 0 Å². The van der Waals surface area contributed by atoms with Crippen LogP contribution in [-0.2, 0) is 4.79 Å². The van der Waals surface area contributed by atoms with Gasteiger partial charge in [0.25, 0.3) is 5.91 Å². The number of hydrogen-bond donors (Lipinski definition) is 1. The molecule has 4 heteroatoms. The highest BCUT2D eigenvalue weighted by atomic mass is 79.9. The van der Waals surface area contributed by atoms with E-state index in [9.17, 15) is 4.79 Å². The lowest BCUT2D eigenvalue weighted by atomic mass is 10.1. The van der Waals surface area contributed by atoms with Crippen LogP contribution in [0.15, 0.2) is 77.3 Å². The van der Waals surface area contributed by atoms with Crippen molar-refractivity contribution in [2.45, 2.75) is 6.92 Å². The maximum atomic E-state index is 12.2. The Hall–Kier alpha value is -2.59. The Morgan fingerprint density at radius 2 is 1.72 bits per heavy atom. The fourth-order valence-electron chi connectivity index (χ4n) is 2.55. The average molecular weight is 396 g/mol. The predicted octanol–water partition coefficient (Wildman–Crippen LogP) is 5.44. The molecule has 0 radical (unpaired) electrons. The third-order valence-electron chi connectivity index (χ3n) is 3.79. The Bertz CT molecular complexity index is 878. The molecule has 3 nitrogen and oxygen atoms in total. The summed E-state index contributed by atoms with van der Waals surface area (Å²) in [6.07, 6.45) is 0. The van der Waals surface area contributed by atoms with E-state index in [1.54, 1.807) is 0 Å². The Morgan fingerprint density at radius 1 is 1.00 bits per heavy atom. The molecular formula is C21H18BrNO2. The van der Waals surface area contributed by atoms with Crippen molar-refractivity contribution in [3.63, 3.8) is 0 Å². The minimum atomic E-state index is -0.187. The third-order valence-corrected chi connectivity index (χ3v) is 4.29. The largest absolute Gasteiger partial charge is 0.483 e. The van der Waals surface area contributed by atoms with Gasteiger partial charge in [0.1, 0.15) is 5.75 Å². The van der Waals surface area contributed by atoms with Crippen molar-refractivity contribution in [3.05, 3.63) is 82.8 Å². The normalized spacial score (nSPS) is 10.3. The van der Waals surface area contributed by atoms with Crippen LogP contribution in [0, 0.1) is 6.92 Å². The van der Waals surface area contributed by atoms with E-state index in [1.165, 1.54) is 0 Å². The van der Waals surface area contributed by atoms with Crippen molar-refractivity contribution >= 4 is 27.5 Å². The minimum Gasteiger partial charge on any atom is -0.483 e. The van der Waals surface area contributed by atoms with E-state index in [0.29, 0.717) is 5.75 Å². The second-order valence-corrected chi connectivity index (χ2v) is 6.57. The first-order valence-corrected chi connectivity index (χ1v) is 8.76. The molecule has 0 spiro atoms. The summed E-state index contributed by atoms with van der Waals surface area (Å²) in [4.78, 5) is 12.2. The van der Waals surface area contributed by atoms with Crippen LogP contribution in [0.4, 0.5) is 5.69 Å². The molecule has 25 heavy (non-hydrogen) atoms. The molecule has 0 aliphatic carbocycles. The Balaban J connectivity index is 1.69. The van der Waals surface area contributed by atoms with Crippen molar-refractivity contribution in [1.82, 2.24) is 0 Å². The SMILES string of the molecule is Cc1cc(Br)ccc1NC(=O)COc1ccccc1-c1ccccc1. The highest BCUT2D eigenvalue weighted by molar-refractivity contribution is 9.10. The van der Waals surface area contributed by atoms with Crippen LogP contribution in [-0.4, -0.2) is 12.5 Å². The number of ether oxygens (including phenoxy) is 1. The smallest absolute Gasteiger partial charge is 0.262 e. The number of aryl methyl sites for hydroxylation is 1. The van der Waals surface area contributed by atoms with Gasteiger partial charge in [0.05, 0.1) is 0 Å². The first-order chi connectivity index (χ1) is 12.1. The van der Waals surface area contributed by atoms with Gasteiger partial charge in [-0.2, -0.15) is 0 Å². The van der Waals surface area contributed by atoms with E-state index in [0.717, 1.165) is 26.9 Å². The zero-order valence-corrected chi connectivity index (χ0v) is 15.4. The molecule has 126 valence electrons. The van der Waals surface area contributed by atoms with E-state index in [1.807, 2.05) is 79.7 Å². The predicted molar refractivity (Wildman–Crippen MR) is 105 cm³/mol. The number of carbonyl (C=O) groups excluding carboxylic acids is 1. The second-order valence-electron chi connectivity index (χ2n) is 5.66. The van der Waals surface area contributed by atoms with Gasteiger partial charge in [-0.3, -0.25) is 4.79 Å². The fourth-order valence-corrected chi connectivity index (χ4v) is 3.02. The lowest BCUT2D eigenvalue weighted by Crippen LogP contribution is -2.20. The molecule has 0 bridgehead atoms. The van der Waals surface area contributed by atoms with Crippen LogP contribution in [0.5, 0.6) is 5.75 Å². The van der Waals surface area contributed by atoms with Gasteiger partial charge in [-0.1, -0.05) is 64.5 Å². The lowest BCUT2D eigenvalue weighted by molar-refractivity contribution is -0.118. The first-order valence-electron chi connectivity index (χ1n) is 7.97. The van der Waals surface area contributed by atoms with Crippen LogP contribution in [0.1, 0.15) is 5.56 Å². The number of halogens is 1. The van der Waals surface area contributed by atoms with Gasteiger partial charge in [0.2, 0.25) is 0 Å². The number of anilines is 1. The molecule has 0 heterocycles. The summed E-state index contributed by atoms with van der Waals surface area (Å²) in [6.45, 7) is 1.91. The van der Waals surface area contributed by atoms with Crippen molar-refractivity contribution < 1.29 is 9.53 Å². The molecule has 0 aliphatic rings. The number of benzene rings is 3. The number of carbonyl (C=O) groups is 1. The van der Waals surface area contributed by atoms with Crippen LogP contribution in [0.2, 0.25) is 0 Å². The molecule has 0 aliphatic heterocycles. The zero-order valence-electron chi connectivity index (χ0n) is 13.8. The molecule has 0 aromatic heterocycles. The highest BCUT2D eigenvalue weighted by Crippen LogP contribution is 2.29. The third kappa shape index (κ3) is 4.48. The standard InChI is InChI=1S/C21H18BrNO2/c1-15-13-17(22)11-12-19(15)23-21(24)14-25-20-10-6-5-9-18(20)16-7-3-2-4-8-16/h2-13H,14H2,1H3,(H,23,24). The highest BCUT2D eigenvalue weighted by Gasteiger charge is 2.09. The van der Waals surface area contributed by atoms with Crippen molar-refractivity contribution in [2.75, 3.05) is 11.9 Å². The Morgan fingerprint density at radius 3 is 2.48 bits per heavy atom. The van der Waals surface area contributed by atoms with E-state index >= 15 is 0 Å². The molecule has 1 amide bonds. The molecule has 0 fully saturated rings. The number of amides is 1. The molecule has 0 saturated carbocycles. The Labute approximate surface area is 155 Å². The van der Waals surface area contributed by atoms with Crippen LogP contribution in [0.25, 0.3) is 11.1 Å². The quantitative estimate of drug-likeness (QED) is 0.624. The zero-order chi connectivity index (χ0) is 17.6. The maximum Gasteiger partial charge on any atom is 0.262 e. The number of hydrogen-bond acceptors (Lipinski definition) is 2. The molecule has 0 saturated heterocycles. The van der Waals surface area contributed by atoms with E-state index < -0.39 is 0 Å². The van der Waals surface area contributed by atoms with Crippen LogP contribution >= 0.6 is 15.9 Å². The summed E-state index contributed by atoms with van der Waals surface area (Å²) in [5.41, 5.74) is 3.80. The number of para-hydroxylation sites is 1. The summed E-state index contributed by atoms with van der Waals surface area (Å²) in [6, 6.07) is 23.4. The van der Waals surface area contributed by atoms with Gasteiger partial charge in [-0.25, -0.2) is 0 Å². The maximum absolute atomic E-state index is 12.2. The first kappa shape index (κ1) is 17.2. The molecule has 1 N–H and O–H groups in total. The lowest BCUT2D eigenvalue weighted by Gasteiger charge is -2.13. The van der Waals surface area contributed by atoms with Gasteiger partial charge in [0.15, 0.2) is 6.61 Å². The summed E-state index contributed by atoms with van der Waals surface area (Å²) in [5, 5.41) is 2.88. The van der Waals surface area contributed by atoms with Crippen LogP contribution in [0.3, 0.4) is 0 Å². The van der Waals surface area contributed by atoms with Gasteiger partial charge in [-0.15, -0.1) is 0 Å². The summed E-state index contributed by atoms with van der Waals surface area (Å²) < 4.78 is 6.75. The average Bonchev–Trinajstić information content (AvgIpc) is 2.63. The van der Waals surface area contributed by atoms with Gasteiger partial charge in [0, 0.05) is 15.7 Å². The summed E-state index contributed by atoms with van der Waals surface area (Å²) in [5.74, 6) is 0.504. The minimum absolute atomic E-state index is 0.0423. The molecular weight excluding hydrogens is 378 g/mol. The molecule has 3 aromatic carbocycles. The second kappa shape index (κ2) is 7.99. The van der Waals surface area contributed by atoms with E-state index in [4.69, 9.17) is 4.74 Å². The summed E-state index contributed by atoms with van der Waals surface area (Å²) in [7, 11) is 0. The molecule has 3 aromatic rings.